The maximum atomic E-state index is 14.2. The fourth-order valence-corrected chi connectivity index (χ4v) is 2.39. The van der Waals surface area contributed by atoms with Crippen molar-refractivity contribution in [1.29, 1.82) is 0 Å². The first kappa shape index (κ1) is 13.7. The number of rotatable bonds is 3. The summed E-state index contributed by atoms with van der Waals surface area (Å²) >= 11 is 5.88. The molecule has 0 saturated carbocycles. The molecule has 0 spiro atoms. The van der Waals surface area contributed by atoms with Crippen molar-refractivity contribution >= 4 is 23.0 Å². The van der Waals surface area contributed by atoms with Crippen LogP contribution in [0.4, 0.5) is 15.8 Å². The minimum atomic E-state index is -0.401. The van der Waals surface area contributed by atoms with E-state index in [1.807, 2.05) is 54.6 Å². The summed E-state index contributed by atoms with van der Waals surface area (Å²) in [7, 11) is 0. The maximum Gasteiger partial charge on any atom is 0.149 e. The van der Waals surface area contributed by atoms with E-state index in [0.29, 0.717) is 5.56 Å². The van der Waals surface area contributed by atoms with Crippen LogP contribution in [0.25, 0.3) is 11.1 Å². The molecule has 0 fully saturated rings. The first-order valence-electron chi connectivity index (χ1n) is 6.61. The Kier molecular flexibility index (Phi) is 3.89. The van der Waals surface area contributed by atoms with Crippen LogP contribution in [0.1, 0.15) is 0 Å². The summed E-state index contributed by atoms with van der Waals surface area (Å²) in [4.78, 5) is 0. The summed E-state index contributed by atoms with van der Waals surface area (Å²) in [6, 6.07) is 22.4. The quantitative estimate of drug-likeness (QED) is 0.635. The van der Waals surface area contributed by atoms with E-state index in [1.54, 1.807) is 18.2 Å². The van der Waals surface area contributed by atoms with Gasteiger partial charge >= 0.3 is 0 Å². The zero-order valence-corrected chi connectivity index (χ0v) is 11.9. The van der Waals surface area contributed by atoms with E-state index in [0.717, 1.165) is 16.9 Å². The lowest BCUT2D eigenvalue weighted by atomic mass is 10.0. The Labute approximate surface area is 128 Å². The van der Waals surface area contributed by atoms with Gasteiger partial charge in [0.15, 0.2) is 0 Å². The fourth-order valence-electron chi connectivity index (χ4n) is 2.22. The Morgan fingerprint density at radius 1 is 0.714 bits per heavy atom. The number of hydrogen-bond acceptors (Lipinski definition) is 1. The van der Waals surface area contributed by atoms with Crippen molar-refractivity contribution in [3.63, 3.8) is 0 Å². The molecule has 3 aromatic rings. The van der Waals surface area contributed by atoms with Crippen LogP contribution >= 0.6 is 11.6 Å². The average molecular weight is 298 g/mol. The molecule has 0 saturated heterocycles. The van der Waals surface area contributed by atoms with Crippen molar-refractivity contribution in [3.05, 3.63) is 83.6 Å². The molecule has 3 aromatic carbocycles. The van der Waals surface area contributed by atoms with Crippen LogP contribution in [0.5, 0.6) is 0 Å². The molecular weight excluding hydrogens is 285 g/mol. The molecule has 0 unspecified atom stereocenters. The summed E-state index contributed by atoms with van der Waals surface area (Å²) in [6.45, 7) is 0. The minimum Gasteiger partial charge on any atom is -0.355 e. The van der Waals surface area contributed by atoms with Gasteiger partial charge in [0, 0.05) is 22.5 Å². The monoisotopic (exact) mass is 297 g/mol. The maximum absolute atomic E-state index is 14.2. The van der Waals surface area contributed by atoms with Crippen molar-refractivity contribution in [1.82, 2.24) is 0 Å². The lowest BCUT2D eigenvalue weighted by Gasteiger charge is -2.13. The highest BCUT2D eigenvalue weighted by atomic mass is 35.5. The van der Waals surface area contributed by atoms with Crippen molar-refractivity contribution in [2.75, 3.05) is 5.32 Å². The molecule has 0 aliphatic carbocycles. The Balaban J connectivity index is 2.06. The van der Waals surface area contributed by atoms with Crippen LogP contribution in [0.2, 0.25) is 5.02 Å². The van der Waals surface area contributed by atoms with Gasteiger partial charge in [0.05, 0.1) is 5.02 Å². The normalized spacial score (nSPS) is 10.4. The number of halogens is 2. The molecule has 0 heterocycles. The Morgan fingerprint density at radius 2 is 1.38 bits per heavy atom. The van der Waals surface area contributed by atoms with Crippen molar-refractivity contribution < 1.29 is 4.39 Å². The van der Waals surface area contributed by atoms with E-state index in [4.69, 9.17) is 11.6 Å². The third-order valence-electron chi connectivity index (χ3n) is 3.22. The molecule has 3 heteroatoms. The van der Waals surface area contributed by atoms with Gasteiger partial charge in [-0.2, -0.15) is 0 Å². The van der Waals surface area contributed by atoms with Crippen LogP contribution < -0.4 is 5.32 Å². The van der Waals surface area contributed by atoms with Crippen LogP contribution in [0.3, 0.4) is 0 Å². The molecule has 0 aromatic heterocycles. The van der Waals surface area contributed by atoms with E-state index < -0.39 is 5.82 Å². The largest absolute Gasteiger partial charge is 0.355 e. The number of hydrogen-bond donors (Lipinski definition) is 1. The van der Waals surface area contributed by atoms with E-state index >= 15 is 0 Å². The number of benzene rings is 3. The molecule has 0 atom stereocenters. The van der Waals surface area contributed by atoms with E-state index in [2.05, 4.69) is 5.32 Å². The van der Waals surface area contributed by atoms with Gasteiger partial charge < -0.3 is 5.32 Å². The van der Waals surface area contributed by atoms with Crippen LogP contribution in [0.15, 0.2) is 72.8 Å². The molecule has 0 aliphatic rings. The number of nitrogens with one attached hydrogen (secondary N) is 1. The highest BCUT2D eigenvalue weighted by Crippen LogP contribution is 2.34. The molecular formula is C18H13ClFN. The summed E-state index contributed by atoms with van der Waals surface area (Å²) in [5, 5.41) is 3.43. The van der Waals surface area contributed by atoms with Crippen molar-refractivity contribution in [3.8, 4) is 11.1 Å². The molecule has 3 rings (SSSR count). The smallest absolute Gasteiger partial charge is 0.149 e. The fraction of sp³-hybridized carbons (Fsp3) is 0. The third kappa shape index (κ3) is 2.91. The van der Waals surface area contributed by atoms with Gasteiger partial charge in [-0.05, 0) is 24.3 Å². The molecule has 0 radical (unpaired) electrons. The van der Waals surface area contributed by atoms with Gasteiger partial charge in [-0.15, -0.1) is 0 Å². The van der Waals surface area contributed by atoms with Gasteiger partial charge in [0.25, 0.3) is 0 Å². The molecule has 0 bridgehead atoms. The highest BCUT2D eigenvalue weighted by Gasteiger charge is 2.11. The van der Waals surface area contributed by atoms with Gasteiger partial charge in [0.2, 0.25) is 0 Å². The predicted octanol–water partition coefficient (Wildman–Crippen LogP) is 5.89. The predicted molar refractivity (Wildman–Crippen MR) is 86.6 cm³/mol. The van der Waals surface area contributed by atoms with Gasteiger partial charge in [-0.1, -0.05) is 60.1 Å². The Hall–Kier alpha value is -2.32. The van der Waals surface area contributed by atoms with E-state index in [1.165, 1.54) is 0 Å². The first-order chi connectivity index (χ1) is 10.3. The van der Waals surface area contributed by atoms with Crippen LogP contribution in [-0.2, 0) is 0 Å². The number of para-hydroxylation sites is 2. The van der Waals surface area contributed by atoms with Crippen LogP contribution in [0, 0.1) is 5.82 Å². The summed E-state index contributed by atoms with van der Waals surface area (Å²) in [6.07, 6.45) is 0. The lowest BCUT2D eigenvalue weighted by Crippen LogP contribution is -1.94. The van der Waals surface area contributed by atoms with Gasteiger partial charge in [-0.3, -0.25) is 0 Å². The molecule has 104 valence electrons. The molecule has 0 amide bonds. The van der Waals surface area contributed by atoms with Gasteiger partial charge in [0.1, 0.15) is 5.82 Å². The molecule has 0 aliphatic heterocycles. The Bertz CT molecular complexity index is 756. The third-order valence-corrected chi connectivity index (χ3v) is 3.51. The first-order valence-corrected chi connectivity index (χ1v) is 6.99. The second-order valence-electron chi connectivity index (χ2n) is 4.64. The lowest BCUT2D eigenvalue weighted by molar-refractivity contribution is 0.632. The second-order valence-corrected chi connectivity index (χ2v) is 5.05. The van der Waals surface area contributed by atoms with E-state index in [-0.39, 0.29) is 5.02 Å². The second kappa shape index (κ2) is 5.98. The summed E-state index contributed by atoms with van der Waals surface area (Å²) in [5.74, 6) is -0.401. The molecule has 1 N–H and O–H groups in total. The minimum absolute atomic E-state index is 0.127. The SMILES string of the molecule is Fc1c(Cl)cccc1-c1ccccc1Nc1ccccc1. The van der Waals surface area contributed by atoms with E-state index in [9.17, 15) is 4.39 Å². The molecule has 1 nitrogen and oxygen atoms in total. The molecule has 21 heavy (non-hydrogen) atoms. The zero-order valence-electron chi connectivity index (χ0n) is 11.2. The standard InChI is InChI=1S/C18H13ClFN/c19-16-11-6-10-15(18(16)20)14-9-4-5-12-17(14)21-13-7-2-1-3-8-13/h1-12,21H. The van der Waals surface area contributed by atoms with Crippen molar-refractivity contribution in [2.45, 2.75) is 0 Å². The number of anilines is 2. The van der Waals surface area contributed by atoms with Crippen molar-refractivity contribution in [2.24, 2.45) is 0 Å². The highest BCUT2D eigenvalue weighted by molar-refractivity contribution is 6.31. The zero-order chi connectivity index (χ0) is 14.7. The summed E-state index contributed by atoms with van der Waals surface area (Å²) in [5.41, 5.74) is 3.06. The Morgan fingerprint density at radius 3 is 2.19 bits per heavy atom. The van der Waals surface area contributed by atoms with Gasteiger partial charge in [-0.25, -0.2) is 4.39 Å². The summed E-state index contributed by atoms with van der Waals surface area (Å²) < 4.78 is 14.2. The topological polar surface area (TPSA) is 12.0 Å². The van der Waals surface area contributed by atoms with Crippen LogP contribution in [-0.4, -0.2) is 0 Å². The average Bonchev–Trinajstić information content (AvgIpc) is 2.52.